The normalized spacial score (nSPS) is 11.0. The number of benzene rings is 1. The molecule has 0 atom stereocenters. The Morgan fingerprint density at radius 1 is 1.29 bits per heavy atom. The first-order valence-electron chi connectivity index (χ1n) is 10.1. The first kappa shape index (κ1) is 23.5. The van der Waals surface area contributed by atoms with Crippen molar-refractivity contribution in [3.05, 3.63) is 58.4 Å². The lowest BCUT2D eigenvalue weighted by Crippen LogP contribution is -2.40. The maximum Gasteiger partial charge on any atom is 0.269 e. The van der Waals surface area contributed by atoms with Crippen LogP contribution >= 0.6 is 0 Å². The van der Waals surface area contributed by atoms with Gasteiger partial charge in [0, 0.05) is 36.2 Å². The number of nitrogens with one attached hydrogen (secondary N) is 1. The van der Waals surface area contributed by atoms with Crippen molar-refractivity contribution in [3.63, 3.8) is 0 Å². The Bertz CT molecular complexity index is 1090. The van der Waals surface area contributed by atoms with Crippen molar-refractivity contribution in [2.75, 3.05) is 18.5 Å². The molecule has 0 bridgehead atoms. The number of hydrogen-bond donors (Lipinski definition) is 1. The Balaban J connectivity index is 2.50. The van der Waals surface area contributed by atoms with E-state index in [0.717, 1.165) is 23.5 Å². The van der Waals surface area contributed by atoms with Gasteiger partial charge in [0.1, 0.15) is 18.2 Å². The number of amides is 2. The molecule has 6 heteroatoms. The predicted molar refractivity (Wildman–Crippen MR) is 123 cm³/mol. The number of terminal acetylenes is 1. The van der Waals surface area contributed by atoms with Gasteiger partial charge in [-0.2, -0.15) is 5.26 Å². The van der Waals surface area contributed by atoms with Crippen LogP contribution in [0.3, 0.4) is 0 Å². The minimum atomic E-state index is -0.561. The van der Waals surface area contributed by atoms with Gasteiger partial charge >= 0.3 is 0 Å². The molecule has 1 aromatic heterocycles. The quantitative estimate of drug-likeness (QED) is 0.427. The molecular formula is C25H28N4O2. The summed E-state index contributed by atoms with van der Waals surface area (Å²) in [5.74, 6) is 2.07. The molecule has 0 radical (unpaired) electrons. The lowest BCUT2D eigenvalue weighted by atomic mass is 10.1. The highest BCUT2D eigenvalue weighted by molar-refractivity contribution is 6.13. The number of aromatic nitrogens is 1. The molecule has 0 fully saturated rings. The van der Waals surface area contributed by atoms with Crippen LogP contribution in [0.15, 0.2) is 35.9 Å². The highest BCUT2D eigenvalue weighted by Gasteiger charge is 2.23. The maximum absolute atomic E-state index is 13.3. The van der Waals surface area contributed by atoms with Gasteiger partial charge in [0.05, 0.1) is 0 Å². The number of carbonyl (C=O) groups excluding carboxylic acids is 2. The van der Waals surface area contributed by atoms with E-state index >= 15 is 0 Å². The minimum absolute atomic E-state index is 0.0557. The SMILES string of the molecule is C#Cc1cccc(N(CC(=O)NC)C(=O)/C(C#N)=C\c2cc(C)n(CC(C)C)c2C)c1. The van der Waals surface area contributed by atoms with Crippen LogP contribution in [0.5, 0.6) is 0 Å². The summed E-state index contributed by atoms with van der Waals surface area (Å²) in [5, 5.41) is 12.3. The molecule has 0 unspecified atom stereocenters. The molecule has 2 aromatic rings. The number of rotatable bonds is 7. The molecule has 1 heterocycles. The van der Waals surface area contributed by atoms with Crippen molar-refractivity contribution in [1.29, 1.82) is 5.26 Å². The van der Waals surface area contributed by atoms with Crippen molar-refractivity contribution < 1.29 is 9.59 Å². The molecule has 160 valence electrons. The topological polar surface area (TPSA) is 78.1 Å². The first-order chi connectivity index (χ1) is 14.7. The number of aryl methyl sites for hydroxylation is 1. The lowest BCUT2D eigenvalue weighted by molar-refractivity contribution is -0.122. The standard InChI is InChI=1S/C25H28N4O2/c1-7-20-9-8-10-23(12-20)29(16-24(30)27-6)25(31)22(14-26)13-21-11-18(4)28(19(21)5)15-17(2)3/h1,8-13,17H,15-16H2,2-6H3,(H,27,30)/b22-13-. The summed E-state index contributed by atoms with van der Waals surface area (Å²) in [6.45, 7) is 8.88. The zero-order valence-electron chi connectivity index (χ0n) is 18.7. The molecule has 1 aromatic carbocycles. The predicted octanol–water partition coefficient (Wildman–Crippen LogP) is 3.43. The zero-order valence-corrected chi connectivity index (χ0v) is 18.7. The monoisotopic (exact) mass is 416 g/mol. The summed E-state index contributed by atoms with van der Waals surface area (Å²) < 4.78 is 2.18. The number of nitriles is 1. The van der Waals surface area contributed by atoms with Crippen molar-refractivity contribution in [1.82, 2.24) is 9.88 Å². The van der Waals surface area contributed by atoms with E-state index in [2.05, 4.69) is 29.7 Å². The smallest absolute Gasteiger partial charge is 0.269 e. The van der Waals surface area contributed by atoms with E-state index < -0.39 is 5.91 Å². The number of anilines is 1. The average molecular weight is 417 g/mol. The molecule has 0 aliphatic rings. The molecule has 0 aliphatic carbocycles. The third kappa shape index (κ3) is 5.65. The third-order valence-electron chi connectivity index (χ3n) is 4.96. The van der Waals surface area contributed by atoms with Crippen LogP contribution in [0.25, 0.3) is 6.08 Å². The van der Waals surface area contributed by atoms with Gasteiger partial charge in [-0.15, -0.1) is 6.42 Å². The summed E-state index contributed by atoms with van der Waals surface area (Å²) in [5.41, 5.74) is 3.83. The van der Waals surface area contributed by atoms with Gasteiger partial charge < -0.3 is 9.88 Å². The van der Waals surface area contributed by atoms with Crippen LogP contribution in [-0.4, -0.2) is 30.0 Å². The first-order valence-corrected chi connectivity index (χ1v) is 10.1. The molecule has 2 amide bonds. The second kappa shape index (κ2) is 10.3. The molecule has 31 heavy (non-hydrogen) atoms. The highest BCUT2D eigenvalue weighted by Crippen LogP contribution is 2.22. The van der Waals surface area contributed by atoms with Crippen LogP contribution in [-0.2, 0) is 16.1 Å². The van der Waals surface area contributed by atoms with Crippen molar-refractivity contribution in [3.8, 4) is 18.4 Å². The van der Waals surface area contributed by atoms with E-state index in [1.54, 1.807) is 30.3 Å². The molecule has 1 N–H and O–H groups in total. The van der Waals surface area contributed by atoms with Gasteiger partial charge in [-0.3, -0.25) is 14.5 Å². The highest BCUT2D eigenvalue weighted by atomic mass is 16.2. The largest absolute Gasteiger partial charge is 0.358 e. The second-order valence-electron chi connectivity index (χ2n) is 7.76. The van der Waals surface area contributed by atoms with Crippen molar-refractivity contribution in [2.45, 2.75) is 34.2 Å². The van der Waals surface area contributed by atoms with E-state index in [9.17, 15) is 14.9 Å². The van der Waals surface area contributed by atoms with Crippen molar-refractivity contribution >= 4 is 23.6 Å². The van der Waals surface area contributed by atoms with Crippen LogP contribution in [0.1, 0.15) is 36.4 Å². The average Bonchev–Trinajstić information content (AvgIpc) is 3.01. The molecule has 2 rings (SSSR count). The van der Waals surface area contributed by atoms with E-state index in [1.165, 1.54) is 11.9 Å². The lowest BCUT2D eigenvalue weighted by Gasteiger charge is -2.22. The Labute approximate surface area is 184 Å². The molecule has 0 saturated heterocycles. The molecular weight excluding hydrogens is 388 g/mol. The number of nitrogens with zero attached hydrogens (tertiary/aromatic N) is 3. The maximum atomic E-state index is 13.3. The van der Waals surface area contributed by atoms with Gasteiger partial charge in [0.15, 0.2) is 0 Å². The van der Waals surface area contributed by atoms with Crippen LogP contribution in [0.2, 0.25) is 0 Å². The Morgan fingerprint density at radius 3 is 2.58 bits per heavy atom. The number of likely N-dealkylation sites (N-methyl/N-ethyl adjacent to an activating group) is 1. The van der Waals surface area contributed by atoms with Crippen molar-refractivity contribution in [2.24, 2.45) is 5.92 Å². The summed E-state index contributed by atoms with van der Waals surface area (Å²) in [4.78, 5) is 26.7. The Kier molecular flexibility index (Phi) is 7.82. The number of carbonyl (C=O) groups is 2. The van der Waals surface area contributed by atoms with Gasteiger partial charge in [-0.05, 0) is 55.7 Å². The minimum Gasteiger partial charge on any atom is -0.358 e. The fraction of sp³-hybridized carbons (Fsp3) is 0.320. The number of hydrogen-bond acceptors (Lipinski definition) is 3. The van der Waals surface area contributed by atoms with E-state index in [0.29, 0.717) is 17.2 Å². The fourth-order valence-corrected chi connectivity index (χ4v) is 3.33. The Hall–Kier alpha value is -3.77. The summed E-state index contributed by atoms with van der Waals surface area (Å²) in [6.07, 6.45) is 7.07. The molecule has 0 saturated carbocycles. The van der Waals surface area contributed by atoms with Gasteiger partial charge in [0.25, 0.3) is 5.91 Å². The van der Waals surface area contributed by atoms with Crippen LogP contribution < -0.4 is 10.2 Å². The Morgan fingerprint density at radius 2 is 2.00 bits per heavy atom. The van der Waals surface area contributed by atoms with E-state index in [-0.39, 0.29) is 18.0 Å². The van der Waals surface area contributed by atoms with Gasteiger partial charge in [0.2, 0.25) is 5.91 Å². The molecule has 0 spiro atoms. The summed E-state index contributed by atoms with van der Waals surface area (Å²) in [7, 11) is 1.49. The van der Waals surface area contributed by atoms with Gasteiger partial charge in [-0.1, -0.05) is 25.8 Å². The second-order valence-corrected chi connectivity index (χ2v) is 7.76. The fourth-order valence-electron chi connectivity index (χ4n) is 3.33. The van der Waals surface area contributed by atoms with Crippen LogP contribution in [0, 0.1) is 43.4 Å². The third-order valence-corrected chi connectivity index (χ3v) is 4.96. The van der Waals surface area contributed by atoms with Gasteiger partial charge in [-0.25, -0.2) is 0 Å². The van der Waals surface area contributed by atoms with E-state index in [1.807, 2.05) is 26.0 Å². The van der Waals surface area contributed by atoms with E-state index in [4.69, 9.17) is 6.42 Å². The molecule has 6 nitrogen and oxygen atoms in total. The zero-order chi connectivity index (χ0) is 23.1. The summed E-state index contributed by atoms with van der Waals surface area (Å²) >= 11 is 0. The molecule has 0 aliphatic heterocycles. The summed E-state index contributed by atoms with van der Waals surface area (Å²) in [6, 6.07) is 10.7. The van der Waals surface area contributed by atoms with Crippen LogP contribution in [0.4, 0.5) is 5.69 Å².